The quantitative estimate of drug-likeness (QED) is 0.574. The van der Waals surface area contributed by atoms with Crippen molar-refractivity contribution in [3.05, 3.63) is 0 Å². The molecule has 4 nitrogen and oxygen atoms in total. The van der Waals surface area contributed by atoms with Crippen LogP contribution in [0.4, 0.5) is 4.79 Å². The molecule has 0 aromatic rings. The van der Waals surface area contributed by atoms with Crippen molar-refractivity contribution >= 4 is 6.03 Å². The molecule has 13 heavy (non-hydrogen) atoms. The van der Waals surface area contributed by atoms with Crippen LogP contribution in [0.15, 0.2) is 0 Å². The lowest BCUT2D eigenvalue weighted by atomic mass is 10.2. The summed E-state index contributed by atoms with van der Waals surface area (Å²) in [5.41, 5.74) is 0. The number of nitrogens with zero attached hydrogens (tertiary/aromatic N) is 3. The first-order chi connectivity index (χ1) is 6.22. The molecule has 0 N–H and O–H groups in total. The molecule has 0 aromatic heterocycles. The van der Waals surface area contributed by atoms with Gasteiger partial charge in [0.05, 0.1) is 6.04 Å². The molecule has 0 aromatic carbocycles. The molecule has 2 aliphatic heterocycles. The van der Waals surface area contributed by atoms with Crippen LogP contribution in [-0.2, 0) is 0 Å². The molecule has 0 aliphatic carbocycles. The number of rotatable bonds is 1. The highest BCUT2D eigenvalue weighted by atomic mass is 16.2. The molecular formula is C9H17N3O. The van der Waals surface area contributed by atoms with Gasteiger partial charge >= 0.3 is 6.03 Å². The lowest BCUT2D eigenvalue weighted by Gasteiger charge is -2.33. The zero-order valence-electron chi connectivity index (χ0n) is 8.36. The van der Waals surface area contributed by atoms with Crippen molar-refractivity contribution < 1.29 is 4.79 Å². The van der Waals surface area contributed by atoms with Crippen molar-refractivity contribution in [3.8, 4) is 0 Å². The number of carbonyl (C=O) groups is 1. The highest BCUT2D eigenvalue weighted by molar-refractivity contribution is 5.77. The van der Waals surface area contributed by atoms with E-state index in [1.54, 1.807) is 0 Å². The minimum atomic E-state index is 0.237. The van der Waals surface area contributed by atoms with E-state index in [1.165, 1.54) is 0 Å². The van der Waals surface area contributed by atoms with Gasteiger partial charge in [-0.25, -0.2) is 4.79 Å². The third-order valence-electron chi connectivity index (χ3n) is 3.01. The summed E-state index contributed by atoms with van der Waals surface area (Å²) in [5, 5.41) is 0. The predicted octanol–water partition coefficient (Wildman–Crippen LogP) is 0.0579. The van der Waals surface area contributed by atoms with Gasteiger partial charge < -0.3 is 14.7 Å². The zero-order valence-corrected chi connectivity index (χ0v) is 8.36. The van der Waals surface area contributed by atoms with Crippen LogP contribution in [0.2, 0.25) is 0 Å². The van der Waals surface area contributed by atoms with Gasteiger partial charge in [0, 0.05) is 32.7 Å². The molecule has 2 heterocycles. The van der Waals surface area contributed by atoms with Gasteiger partial charge in [-0.2, -0.15) is 0 Å². The fourth-order valence-electron chi connectivity index (χ4n) is 2.20. The van der Waals surface area contributed by atoms with Crippen molar-refractivity contribution in [3.63, 3.8) is 0 Å². The molecule has 4 heteroatoms. The summed E-state index contributed by atoms with van der Waals surface area (Å²) in [6.45, 7) is 6.74. The fourth-order valence-corrected chi connectivity index (χ4v) is 2.20. The zero-order chi connectivity index (χ0) is 9.42. The van der Waals surface area contributed by atoms with E-state index in [4.69, 9.17) is 0 Å². The van der Waals surface area contributed by atoms with E-state index >= 15 is 0 Å². The topological polar surface area (TPSA) is 26.8 Å². The number of likely N-dealkylation sites (N-methyl/N-ethyl adjacent to an activating group) is 2. The Bertz CT molecular complexity index is 219. The minimum absolute atomic E-state index is 0.237. The molecule has 1 atom stereocenters. The van der Waals surface area contributed by atoms with Crippen molar-refractivity contribution in [2.75, 3.05) is 39.8 Å². The van der Waals surface area contributed by atoms with Crippen molar-refractivity contribution in [1.29, 1.82) is 0 Å². The van der Waals surface area contributed by atoms with E-state index in [9.17, 15) is 4.79 Å². The molecule has 0 radical (unpaired) electrons. The number of amides is 2. The van der Waals surface area contributed by atoms with E-state index in [1.807, 2.05) is 16.7 Å². The molecule has 1 unspecified atom stereocenters. The van der Waals surface area contributed by atoms with Gasteiger partial charge in [-0.15, -0.1) is 0 Å². The van der Waals surface area contributed by atoms with Gasteiger partial charge in [0.25, 0.3) is 0 Å². The second-order valence-electron chi connectivity index (χ2n) is 3.93. The smallest absolute Gasteiger partial charge is 0.320 e. The number of urea groups is 1. The molecule has 74 valence electrons. The first kappa shape index (κ1) is 8.81. The van der Waals surface area contributed by atoms with Gasteiger partial charge in [-0.3, -0.25) is 0 Å². The van der Waals surface area contributed by atoms with Crippen LogP contribution in [0.1, 0.15) is 6.92 Å². The van der Waals surface area contributed by atoms with Gasteiger partial charge in [0.1, 0.15) is 0 Å². The van der Waals surface area contributed by atoms with Crippen LogP contribution in [0, 0.1) is 0 Å². The van der Waals surface area contributed by atoms with Gasteiger partial charge in [-0.05, 0) is 14.0 Å². The van der Waals surface area contributed by atoms with Crippen molar-refractivity contribution in [1.82, 2.24) is 14.7 Å². The average Bonchev–Trinajstić information content (AvgIpc) is 2.42. The van der Waals surface area contributed by atoms with Gasteiger partial charge in [0.2, 0.25) is 0 Å². The number of carbonyl (C=O) groups excluding carboxylic acids is 1. The Balaban J connectivity index is 2.07. The van der Waals surface area contributed by atoms with Crippen LogP contribution in [-0.4, -0.2) is 66.5 Å². The molecule has 2 saturated heterocycles. The van der Waals surface area contributed by atoms with Crippen LogP contribution < -0.4 is 0 Å². The summed E-state index contributed by atoms with van der Waals surface area (Å²) >= 11 is 0. The van der Waals surface area contributed by atoms with Gasteiger partial charge in [-0.1, -0.05) is 0 Å². The minimum Gasteiger partial charge on any atom is -0.323 e. The Morgan fingerprint density at radius 3 is 2.85 bits per heavy atom. The first-order valence-electron chi connectivity index (χ1n) is 4.96. The Morgan fingerprint density at radius 2 is 2.15 bits per heavy atom. The standard InChI is InChI=1S/C9H17N3O/c1-3-11-7-8-6-10(2)4-5-12(8)9(11)13/h8H,3-7H2,1-2H3. The second-order valence-corrected chi connectivity index (χ2v) is 3.93. The van der Waals surface area contributed by atoms with Crippen LogP contribution >= 0.6 is 0 Å². The van der Waals surface area contributed by atoms with Crippen LogP contribution in [0.25, 0.3) is 0 Å². The van der Waals surface area contributed by atoms with Crippen LogP contribution in [0.3, 0.4) is 0 Å². The Hall–Kier alpha value is -0.770. The highest BCUT2D eigenvalue weighted by Crippen LogP contribution is 2.19. The predicted molar refractivity (Wildman–Crippen MR) is 50.6 cm³/mol. The van der Waals surface area contributed by atoms with E-state index in [0.29, 0.717) is 6.04 Å². The number of fused-ring (bicyclic) bond motifs is 1. The molecule has 2 fully saturated rings. The van der Waals surface area contributed by atoms with E-state index in [-0.39, 0.29) is 6.03 Å². The maximum absolute atomic E-state index is 11.7. The van der Waals surface area contributed by atoms with E-state index in [2.05, 4.69) is 11.9 Å². The number of hydrogen-bond donors (Lipinski definition) is 0. The third kappa shape index (κ3) is 1.39. The Kier molecular flexibility index (Phi) is 2.15. The average molecular weight is 183 g/mol. The molecule has 2 amide bonds. The molecular weight excluding hydrogens is 166 g/mol. The van der Waals surface area contributed by atoms with E-state index in [0.717, 1.165) is 32.7 Å². The lowest BCUT2D eigenvalue weighted by molar-refractivity contribution is 0.138. The summed E-state index contributed by atoms with van der Waals surface area (Å²) in [6.07, 6.45) is 0. The first-order valence-corrected chi connectivity index (χ1v) is 4.96. The Labute approximate surface area is 79.1 Å². The molecule has 0 saturated carbocycles. The summed E-state index contributed by atoms with van der Waals surface area (Å²) in [6, 6.07) is 0.673. The molecule has 2 rings (SSSR count). The molecule has 2 aliphatic rings. The second kappa shape index (κ2) is 3.18. The van der Waals surface area contributed by atoms with Crippen molar-refractivity contribution in [2.24, 2.45) is 0 Å². The summed E-state index contributed by atoms with van der Waals surface area (Å²) < 4.78 is 0. The largest absolute Gasteiger partial charge is 0.323 e. The van der Waals surface area contributed by atoms with E-state index < -0.39 is 0 Å². The SMILES string of the molecule is CCN1CC2CN(C)CCN2C1=O. The maximum Gasteiger partial charge on any atom is 0.320 e. The van der Waals surface area contributed by atoms with Crippen LogP contribution in [0.5, 0.6) is 0 Å². The molecule has 0 bridgehead atoms. The molecule has 0 spiro atoms. The number of piperazine rings is 1. The van der Waals surface area contributed by atoms with Crippen molar-refractivity contribution in [2.45, 2.75) is 13.0 Å². The summed E-state index contributed by atoms with van der Waals surface area (Å²) in [7, 11) is 2.12. The highest BCUT2D eigenvalue weighted by Gasteiger charge is 2.38. The maximum atomic E-state index is 11.7. The van der Waals surface area contributed by atoms with Gasteiger partial charge in [0.15, 0.2) is 0 Å². The summed E-state index contributed by atoms with van der Waals surface area (Å²) in [4.78, 5) is 18.0. The number of hydrogen-bond acceptors (Lipinski definition) is 2. The Morgan fingerprint density at radius 1 is 1.38 bits per heavy atom. The lowest BCUT2D eigenvalue weighted by Crippen LogP contribution is -2.50. The third-order valence-corrected chi connectivity index (χ3v) is 3.01. The normalized spacial score (nSPS) is 29.7. The summed E-state index contributed by atoms with van der Waals surface area (Å²) in [5.74, 6) is 0. The fraction of sp³-hybridized carbons (Fsp3) is 0.889. The monoisotopic (exact) mass is 183 g/mol.